The molecule has 1 atom stereocenters. The monoisotopic (exact) mass is 272 g/mol. The van der Waals surface area contributed by atoms with Crippen molar-refractivity contribution in [3.8, 4) is 0 Å². The number of nitrogens with zero attached hydrogens (tertiary/aromatic N) is 3. The predicted octanol–water partition coefficient (Wildman–Crippen LogP) is 2.73. The SMILES string of the molecule is CC(C)(C)n1c(CC2CCCNC2)nc2cccnc21. The molecule has 3 rings (SSSR count). The van der Waals surface area contributed by atoms with Crippen molar-refractivity contribution in [3.05, 3.63) is 24.2 Å². The maximum absolute atomic E-state index is 4.85. The largest absolute Gasteiger partial charge is 0.316 e. The molecule has 1 unspecified atom stereocenters. The van der Waals surface area contributed by atoms with Crippen molar-refractivity contribution >= 4 is 11.2 Å². The Balaban J connectivity index is 2.00. The Bertz CT molecular complexity index is 588. The van der Waals surface area contributed by atoms with Crippen LogP contribution in [-0.4, -0.2) is 27.6 Å². The summed E-state index contributed by atoms with van der Waals surface area (Å²) in [4.78, 5) is 9.39. The van der Waals surface area contributed by atoms with Gasteiger partial charge in [0, 0.05) is 18.2 Å². The van der Waals surface area contributed by atoms with E-state index in [-0.39, 0.29) is 5.54 Å². The highest BCUT2D eigenvalue weighted by Crippen LogP contribution is 2.26. The van der Waals surface area contributed by atoms with Crippen molar-refractivity contribution in [2.24, 2.45) is 5.92 Å². The summed E-state index contributed by atoms with van der Waals surface area (Å²) >= 11 is 0. The minimum atomic E-state index is 0.0144. The second-order valence-corrected chi connectivity index (χ2v) is 6.80. The van der Waals surface area contributed by atoms with Gasteiger partial charge in [-0.2, -0.15) is 0 Å². The maximum atomic E-state index is 4.85. The minimum absolute atomic E-state index is 0.0144. The normalized spacial score (nSPS) is 20.4. The van der Waals surface area contributed by atoms with Gasteiger partial charge in [-0.05, 0) is 64.8 Å². The first-order chi connectivity index (χ1) is 9.55. The first-order valence-electron chi connectivity index (χ1n) is 7.59. The van der Waals surface area contributed by atoms with E-state index in [1.807, 2.05) is 12.3 Å². The summed E-state index contributed by atoms with van der Waals surface area (Å²) in [5, 5.41) is 3.49. The van der Waals surface area contributed by atoms with Crippen molar-refractivity contribution in [3.63, 3.8) is 0 Å². The van der Waals surface area contributed by atoms with Crippen LogP contribution in [0.1, 0.15) is 39.4 Å². The summed E-state index contributed by atoms with van der Waals surface area (Å²) in [7, 11) is 0. The van der Waals surface area contributed by atoms with Crippen molar-refractivity contribution in [1.82, 2.24) is 19.9 Å². The van der Waals surface area contributed by atoms with Gasteiger partial charge in [0.25, 0.3) is 0 Å². The van der Waals surface area contributed by atoms with Gasteiger partial charge in [-0.15, -0.1) is 0 Å². The van der Waals surface area contributed by atoms with E-state index < -0.39 is 0 Å². The Labute approximate surface area is 120 Å². The fraction of sp³-hybridized carbons (Fsp3) is 0.625. The molecule has 1 fully saturated rings. The van der Waals surface area contributed by atoms with Gasteiger partial charge >= 0.3 is 0 Å². The molecule has 20 heavy (non-hydrogen) atoms. The third-order valence-electron chi connectivity index (χ3n) is 4.03. The Morgan fingerprint density at radius 3 is 2.95 bits per heavy atom. The molecule has 0 spiro atoms. The molecule has 1 aliphatic heterocycles. The first kappa shape index (κ1) is 13.6. The highest BCUT2D eigenvalue weighted by molar-refractivity contribution is 5.71. The molecule has 1 N–H and O–H groups in total. The molecule has 108 valence electrons. The van der Waals surface area contributed by atoms with E-state index in [0.717, 1.165) is 30.7 Å². The summed E-state index contributed by atoms with van der Waals surface area (Å²) in [5.41, 5.74) is 2.04. The number of fused-ring (bicyclic) bond motifs is 1. The van der Waals surface area contributed by atoms with Crippen LogP contribution in [0.15, 0.2) is 18.3 Å². The Hall–Kier alpha value is -1.42. The average molecular weight is 272 g/mol. The van der Waals surface area contributed by atoms with E-state index in [9.17, 15) is 0 Å². The minimum Gasteiger partial charge on any atom is -0.316 e. The summed E-state index contributed by atoms with van der Waals surface area (Å²) in [6.07, 6.45) is 5.48. The molecule has 4 nitrogen and oxygen atoms in total. The lowest BCUT2D eigenvalue weighted by Crippen LogP contribution is -2.32. The van der Waals surface area contributed by atoms with Crippen LogP contribution >= 0.6 is 0 Å². The van der Waals surface area contributed by atoms with E-state index in [0.29, 0.717) is 5.92 Å². The van der Waals surface area contributed by atoms with Gasteiger partial charge in [0.2, 0.25) is 0 Å². The number of piperidine rings is 1. The second kappa shape index (κ2) is 5.17. The first-order valence-corrected chi connectivity index (χ1v) is 7.59. The third-order valence-corrected chi connectivity index (χ3v) is 4.03. The van der Waals surface area contributed by atoms with E-state index in [2.05, 4.69) is 41.7 Å². The molecule has 2 aromatic heterocycles. The van der Waals surface area contributed by atoms with Crippen LogP contribution in [0.4, 0.5) is 0 Å². The summed E-state index contributed by atoms with van der Waals surface area (Å²) in [6.45, 7) is 8.96. The molecule has 0 saturated carbocycles. The molecule has 3 heterocycles. The highest BCUT2D eigenvalue weighted by atomic mass is 15.2. The van der Waals surface area contributed by atoms with Gasteiger partial charge in [-0.25, -0.2) is 9.97 Å². The average Bonchev–Trinajstić information content (AvgIpc) is 2.77. The molecular weight excluding hydrogens is 248 g/mol. The van der Waals surface area contributed by atoms with Gasteiger partial charge in [0.15, 0.2) is 5.65 Å². The zero-order chi connectivity index (χ0) is 14.2. The van der Waals surface area contributed by atoms with Crippen molar-refractivity contribution in [2.45, 2.75) is 45.6 Å². The van der Waals surface area contributed by atoms with Crippen molar-refractivity contribution < 1.29 is 0 Å². The smallest absolute Gasteiger partial charge is 0.160 e. The van der Waals surface area contributed by atoms with Gasteiger partial charge in [0.1, 0.15) is 11.3 Å². The van der Waals surface area contributed by atoms with E-state index >= 15 is 0 Å². The summed E-state index contributed by atoms with van der Waals surface area (Å²) in [5.74, 6) is 1.88. The van der Waals surface area contributed by atoms with Gasteiger partial charge in [0.05, 0.1) is 0 Å². The number of hydrogen-bond donors (Lipinski definition) is 1. The standard InChI is InChI=1S/C16H24N4/c1-16(2,3)20-14(10-12-6-4-8-17-11-12)19-13-7-5-9-18-15(13)20/h5,7,9,12,17H,4,6,8,10-11H2,1-3H3. The zero-order valence-corrected chi connectivity index (χ0v) is 12.7. The molecule has 1 aliphatic rings. The molecule has 4 heteroatoms. The number of aromatic nitrogens is 3. The number of pyridine rings is 1. The quantitative estimate of drug-likeness (QED) is 0.914. The van der Waals surface area contributed by atoms with Gasteiger partial charge in [-0.3, -0.25) is 0 Å². The topological polar surface area (TPSA) is 42.7 Å². The molecular formula is C16H24N4. The molecule has 0 bridgehead atoms. The van der Waals surface area contributed by atoms with Crippen LogP contribution in [0.25, 0.3) is 11.2 Å². The van der Waals surface area contributed by atoms with Crippen LogP contribution in [0.5, 0.6) is 0 Å². The molecule has 0 aliphatic carbocycles. The lowest BCUT2D eigenvalue weighted by atomic mass is 9.95. The molecule has 0 radical (unpaired) electrons. The van der Waals surface area contributed by atoms with E-state index in [1.165, 1.54) is 18.7 Å². The second-order valence-electron chi connectivity index (χ2n) is 6.80. The van der Waals surface area contributed by atoms with Gasteiger partial charge in [-0.1, -0.05) is 0 Å². The van der Waals surface area contributed by atoms with Crippen molar-refractivity contribution in [1.29, 1.82) is 0 Å². The van der Waals surface area contributed by atoms with Crippen molar-refractivity contribution in [2.75, 3.05) is 13.1 Å². The zero-order valence-electron chi connectivity index (χ0n) is 12.7. The molecule has 2 aromatic rings. The number of hydrogen-bond acceptors (Lipinski definition) is 3. The highest BCUT2D eigenvalue weighted by Gasteiger charge is 2.24. The fourth-order valence-corrected chi connectivity index (χ4v) is 3.16. The number of nitrogens with one attached hydrogen (secondary N) is 1. The van der Waals surface area contributed by atoms with Crippen LogP contribution in [0.3, 0.4) is 0 Å². The summed E-state index contributed by atoms with van der Waals surface area (Å²) in [6, 6.07) is 4.03. The molecule has 1 saturated heterocycles. The third kappa shape index (κ3) is 2.57. The molecule has 0 amide bonds. The van der Waals surface area contributed by atoms with E-state index in [4.69, 9.17) is 4.98 Å². The lowest BCUT2D eigenvalue weighted by molar-refractivity contribution is 0.342. The summed E-state index contributed by atoms with van der Waals surface area (Å²) < 4.78 is 2.32. The fourth-order valence-electron chi connectivity index (χ4n) is 3.16. The van der Waals surface area contributed by atoms with Crippen LogP contribution in [-0.2, 0) is 12.0 Å². The molecule has 0 aromatic carbocycles. The Morgan fingerprint density at radius 1 is 1.40 bits per heavy atom. The Morgan fingerprint density at radius 2 is 2.25 bits per heavy atom. The van der Waals surface area contributed by atoms with Crippen LogP contribution < -0.4 is 5.32 Å². The maximum Gasteiger partial charge on any atom is 0.160 e. The number of imidazole rings is 1. The lowest BCUT2D eigenvalue weighted by Gasteiger charge is -2.27. The van der Waals surface area contributed by atoms with E-state index in [1.54, 1.807) is 0 Å². The number of rotatable bonds is 2. The van der Waals surface area contributed by atoms with Crippen LogP contribution in [0, 0.1) is 5.92 Å². The van der Waals surface area contributed by atoms with Crippen LogP contribution in [0.2, 0.25) is 0 Å². The predicted molar refractivity (Wildman–Crippen MR) is 81.8 cm³/mol. The Kier molecular flexibility index (Phi) is 3.50. The van der Waals surface area contributed by atoms with Gasteiger partial charge < -0.3 is 9.88 Å².